The minimum Gasteiger partial charge on any atom is -0.0726 e. The van der Waals surface area contributed by atoms with E-state index in [1.807, 2.05) is 0 Å². The fourth-order valence-electron chi connectivity index (χ4n) is 1.75. The second kappa shape index (κ2) is 3.45. The van der Waals surface area contributed by atoms with E-state index in [9.17, 15) is 0 Å². The second-order valence-electron chi connectivity index (χ2n) is 4.15. The molecular formula is C14H16. The van der Waals surface area contributed by atoms with E-state index in [-0.39, 0.29) is 0 Å². The van der Waals surface area contributed by atoms with E-state index < -0.39 is 0 Å². The first-order chi connectivity index (χ1) is 6.66. The van der Waals surface area contributed by atoms with Crippen molar-refractivity contribution in [1.82, 2.24) is 0 Å². The van der Waals surface area contributed by atoms with Crippen molar-refractivity contribution in [2.75, 3.05) is 0 Å². The summed E-state index contributed by atoms with van der Waals surface area (Å²) in [5, 5.41) is 2.73. The monoisotopic (exact) mass is 184 g/mol. The van der Waals surface area contributed by atoms with Crippen LogP contribution in [0, 0.1) is 13.8 Å². The summed E-state index contributed by atoms with van der Waals surface area (Å²) in [7, 11) is 0. The Hall–Kier alpha value is -1.30. The highest BCUT2D eigenvalue weighted by molar-refractivity contribution is 5.48. The Morgan fingerprint density at radius 3 is 2.21 bits per heavy atom. The summed E-state index contributed by atoms with van der Waals surface area (Å²) >= 11 is 0. The molecule has 0 saturated heterocycles. The van der Waals surface area contributed by atoms with E-state index in [1.165, 1.54) is 27.1 Å². The number of rotatable bonds is 0. The number of fused-ring (bicyclic) bond motifs is 1. The van der Waals surface area contributed by atoms with E-state index in [0.717, 1.165) is 6.42 Å². The quantitative estimate of drug-likeness (QED) is 0.580. The van der Waals surface area contributed by atoms with Gasteiger partial charge in [0.2, 0.25) is 0 Å². The minimum absolute atomic E-state index is 1.08. The lowest BCUT2D eigenvalue weighted by Crippen LogP contribution is -2.24. The summed E-state index contributed by atoms with van der Waals surface area (Å²) in [4.78, 5) is 0. The molecule has 0 spiro atoms. The van der Waals surface area contributed by atoms with E-state index in [0.29, 0.717) is 0 Å². The smallest absolute Gasteiger partial charge is 0.0129 e. The fraction of sp³-hybridized carbons (Fsp3) is 0.286. The van der Waals surface area contributed by atoms with Gasteiger partial charge in [-0.2, -0.15) is 0 Å². The fourth-order valence-corrected chi connectivity index (χ4v) is 1.75. The minimum atomic E-state index is 1.08. The Kier molecular flexibility index (Phi) is 2.28. The van der Waals surface area contributed by atoms with E-state index in [2.05, 4.69) is 51.1 Å². The summed E-state index contributed by atoms with van der Waals surface area (Å²) in [6, 6.07) is 4.56. The maximum absolute atomic E-state index is 2.32. The molecule has 0 amide bonds. The lowest BCUT2D eigenvalue weighted by atomic mass is 10.1. The van der Waals surface area contributed by atoms with Crippen LogP contribution in [-0.2, 0) is 0 Å². The third kappa shape index (κ3) is 1.65. The van der Waals surface area contributed by atoms with Gasteiger partial charge in [0.1, 0.15) is 0 Å². The van der Waals surface area contributed by atoms with Crippen molar-refractivity contribution >= 4 is 12.2 Å². The average Bonchev–Trinajstić information content (AvgIpc) is 2.31. The molecule has 1 aromatic rings. The third-order valence-corrected chi connectivity index (χ3v) is 2.89. The van der Waals surface area contributed by atoms with Crippen molar-refractivity contribution in [3.8, 4) is 0 Å². The predicted octanol–water partition coefficient (Wildman–Crippen LogP) is 2.21. The maximum atomic E-state index is 2.32. The zero-order valence-corrected chi connectivity index (χ0v) is 9.09. The first-order valence-corrected chi connectivity index (χ1v) is 5.12. The van der Waals surface area contributed by atoms with Crippen LogP contribution in [0.1, 0.15) is 24.5 Å². The van der Waals surface area contributed by atoms with Crippen LogP contribution in [0.3, 0.4) is 0 Å². The molecular weight excluding hydrogens is 168 g/mol. The largest absolute Gasteiger partial charge is 0.0726 e. The van der Waals surface area contributed by atoms with E-state index in [1.54, 1.807) is 0 Å². The van der Waals surface area contributed by atoms with Crippen molar-refractivity contribution in [3.05, 3.63) is 45.3 Å². The topological polar surface area (TPSA) is 0 Å². The molecule has 1 aliphatic rings. The molecule has 0 bridgehead atoms. The second-order valence-corrected chi connectivity index (χ2v) is 4.15. The van der Waals surface area contributed by atoms with Crippen LogP contribution in [0.25, 0.3) is 12.2 Å². The normalized spacial score (nSPS) is 14.6. The molecule has 2 rings (SSSR count). The third-order valence-electron chi connectivity index (χ3n) is 2.89. The van der Waals surface area contributed by atoms with Gasteiger partial charge in [0, 0.05) is 0 Å². The molecule has 0 unspecified atom stereocenters. The highest BCUT2D eigenvalue weighted by Gasteiger charge is 1.96. The van der Waals surface area contributed by atoms with Crippen LogP contribution >= 0.6 is 0 Å². The Labute approximate surface area is 85.3 Å². The molecule has 0 atom stereocenters. The lowest BCUT2D eigenvalue weighted by molar-refractivity contribution is 1.26. The molecule has 0 nitrogen and oxygen atoms in total. The Morgan fingerprint density at radius 1 is 0.857 bits per heavy atom. The van der Waals surface area contributed by atoms with E-state index in [4.69, 9.17) is 0 Å². The molecule has 0 saturated carbocycles. The van der Waals surface area contributed by atoms with Crippen LogP contribution < -0.4 is 10.4 Å². The molecule has 0 heteroatoms. The maximum Gasteiger partial charge on any atom is -0.0129 e. The Balaban J connectivity index is 2.75. The Bertz CT molecular complexity index is 502. The molecule has 0 N–H and O–H groups in total. The van der Waals surface area contributed by atoms with Crippen molar-refractivity contribution in [3.63, 3.8) is 0 Å². The number of allylic oxidation sites excluding steroid dienone is 2. The van der Waals surface area contributed by atoms with Crippen molar-refractivity contribution < 1.29 is 0 Å². The number of hydrogen-bond acceptors (Lipinski definition) is 0. The zero-order valence-electron chi connectivity index (χ0n) is 9.09. The molecule has 0 aliphatic heterocycles. The van der Waals surface area contributed by atoms with Gasteiger partial charge in [-0.05, 0) is 48.8 Å². The summed E-state index contributed by atoms with van der Waals surface area (Å²) in [5.74, 6) is 0. The van der Waals surface area contributed by atoms with Gasteiger partial charge in [-0.3, -0.25) is 0 Å². The van der Waals surface area contributed by atoms with Crippen molar-refractivity contribution in [2.24, 2.45) is 0 Å². The SMILES string of the molecule is CC1=CC=c2cc(C)c(C)cc2=CC1. The number of hydrogen-bond donors (Lipinski definition) is 0. The summed E-state index contributed by atoms with van der Waals surface area (Å²) in [6.07, 6.45) is 7.83. The Morgan fingerprint density at radius 2 is 1.50 bits per heavy atom. The first-order valence-electron chi connectivity index (χ1n) is 5.12. The van der Waals surface area contributed by atoms with Gasteiger partial charge < -0.3 is 0 Å². The zero-order chi connectivity index (χ0) is 10.1. The van der Waals surface area contributed by atoms with Crippen LogP contribution in [0.5, 0.6) is 0 Å². The predicted molar refractivity (Wildman–Crippen MR) is 62.5 cm³/mol. The molecule has 14 heavy (non-hydrogen) atoms. The highest BCUT2D eigenvalue weighted by atomic mass is 14.0. The molecule has 0 aromatic heterocycles. The molecule has 1 aromatic carbocycles. The van der Waals surface area contributed by atoms with Gasteiger partial charge in [0.15, 0.2) is 0 Å². The van der Waals surface area contributed by atoms with Gasteiger partial charge in [0.05, 0.1) is 0 Å². The van der Waals surface area contributed by atoms with E-state index >= 15 is 0 Å². The van der Waals surface area contributed by atoms with Gasteiger partial charge in [0.25, 0.3) is 0 Å². The van der Waals surface area contributed by atoms with Gasteiger partial charge in [-0.1, -0.05) is 35.9 Å². The van der Waals surface area contributed by atoms with Crippen LogP contribution in [-0.4, -0.2) is 0 Å². The van der Waals surface area contributed by atoms with Gasteiger partial charge in [-0.15, -0.1) is 0 Å². The summed E-state index contributed by atoms with van der Waals surface area (Å²) < 4.78 is 0. The lowest BCUT2D eigenvalue weighted by Gasteiger charge is -1.99. The number of aryl methyl sites for hydroxylation is 2. The van der Waals surface area contributed by atoms with Crippen LogP contribution in [0.15, 0.2) is 23.8 Å². The first kappa shape index (κ1) is 9.26. The standard InChI is InChI=1S/C14H16/c1-10-4-6-13-8-11(2)12(3)9-14(13)7-5-10/h4,6-9H,5H2,1-3H3. The number of benzene rings is 1. The summed E-state index contributed by atoms with van der Waals surface area (Å²) in [5.41, 5.74) is 4.19. The summed E-state index contributed by atoms with van der Waals surface area (Å²) in [6.45, 7) is 6.53. The van der Waals surface area contributed by atoms with Crippen molar-refractivity contribution in [2.45, 2.75) is 27.2 Å². The van der Waals surface area contributed by atoms with Gasteiger partial charge >= 0.3 is 0 Å². The molecule has 72 valence electrons. The average molecular weight is 184 g/mol. The molecule has 1 aliphatic carbocycles. The molecule has 0 heterocycles. The van der Waals surface area contributed by atoms with Crippen LogP contribution in [0.2, 0.25) is 0 Å². The van der Waals surface area contributed by atoms with Gasteiger partial charge in [-0.25, -0.2) is 0 Å². The van der Waals surface area contributed by atoms with Crippen LogP contribution in [0.4, 0.5) is 0 Å². The molecule has 0 fully saturated rings. The van der Waals surface area contributed by atoms with Crippen molar-refractivity contribution in [1.29, 1.82) is 0 Å². The molecule has 0 radical (unpaired) electrons. The highest BCUT2D eigenvalue weighted by Crippen LogP contribution is 2.04.